The first kappa shape index (κ1) is 13.0. The van der Waals surface area contributed by atoms with Gasteiger partial charge in [0, 0.05) is 6.54 Å². The van der Waals surface area contributed by atoms with Crippen LogP contribution in [0, 0.1) is 5.41 Å². The van der Waals surface area contributed by atoms with Crippen LogP contribution >= 0.6 is 0 Å². The van der Waals surface area contributed by atoms with E-state index >= 15 is 0 Å². The zero-order chi connectivity index (χ0) is 12.7. The van der Waals surface area contributed by atoms with Gasteiger partial charge in [0.1, 0.15) is 5.75 Å². The molecule has 0 aliphatic carbocycles. The Kier molecular flexibility index (Phi) is 5.00. The molecule has 0 radical (unpaired) electrons. The van der Waals surface area contributed by atoms with Crippen molar-refractivity contribution >= 4 is 11.9 Å². The second kappa shape index (κ2) is 6.52. The van der Waals surface area contributed by atoms with Gasteiger partial charge in [0.15, 0.2) is 5.96 Å². The first-order valence-electron chi connectivity index (χ1n) is 5.41. The van der Waals surface area contributed by atoms with Gasteiger partial charge in [0.05, 0.1) is 13.5 Å². The minimum Gasteiger partial charge on any atom is -0.497 e. The minimum absolute atomic E-state index is 0.0281. The van der Waals surface area contributed by atoms with Crippen LogP contribution in [0.15, 0.2) is 24.3 Å². The van der Waals surface area contributed by atoms with Crippen molar-refractivity contribution in [1.29, 1.82) is 5.41 Å². The quantitative estimate of drug-likeness (QED) is 0.536. The van der Waals surface area contributed by atoms with Gasteiger partial charge >= 0.3 is 0 Å². The number of nitrogens with one attached hydrogen (secondary N) is 3. The van der Waals surface area contributed by atoms with Crippen LogP contribution in [0.5, 0.6) is 5.75 Å². The normalized spacial score (nSPS) is 9.53. The summed E-state index contributed by atoms with van der Waals surface area (Å²) in [6.07, 6.45) is 0.227. The maximum Gasteiger partial charge on any atom is 0.231 e. The number of rotatable bonds is 4. The molecule has 5 heteroatoms. The first-order chi connectivity index (χ1) is 8.15. The third kappa shape index (κ3) is 4.55. The van der Waals surface area contributed by atoms with Gasteiger partial charge in [-0.15, -0.1) is 0 Å². The maximum absolute atomic E-state index is 11.6. The third-order valence-electron chi connectivity index (χ3n) is 2.12. The lowest BCUT2D eigenvalue weighted by Crippen LogP contribution is -2.40. The van der Waals surface area contributed by atoms with Crippen molar-refractivity contribution in [2.45, 2.75) is 13.3 Å². The Morgan fingerprint density at radius 3 is 2.88 bits per heavy atom. The molecule has 1 aromatic rings. The molecule has 3 N–H and O–H groups in total. The second-order valence-corrected chi connectivity index (χ2v) is 3.48. The zero-order valence-electron chi connectivity index (χ0n) is 10.0. The van der Waals surface area contributed by atoms with E-state index in [-0.39, 0.29) is 18.3 Å². The number of amides is 1. The van der Waals surface area contributed by atoms with Gasteiger partial charge in [-0.05, 0) is 24.6 Å². The Morgan fingerprint density at radius 1 is 1.47 bits per heavy atom. The summed E-state index contributed by atoms with van der Waals surface area (Å²) in [7, 11) is 1.58. The summed E-state index contributed by atoms with van der Waals surface area (Å²) in [6.45, 7) is 2.47. The number of hydrogen-bond acceptors (Lipinski definition) is 3. The number of carbonyl (C=O) groups is 1. The van der Waals surface area contributed by atoms with Crippen LogP contribution in [0.25, 0.3) is 0 Å². The number of benzene rings is 1. The Labute approximate surface area is 101 Å². The van der Waals surface area contributed by atoms with Crippen molar-refractivity contribution in [3.05, 3.63) is 29.8 Å². The molecule has 1 aromatic carbocycles. The molecule has 17 heavy (non-hydrogen) atoms. The average Bonchev–Trinajstić information content (AvgIpc) is 2.29. The molecule has 0 bridgehead atoms. The van der Waals surface area contributed by atoms with Crippen LogP contribution < -0.4 is 15.4 Å². The van der Waals surface area contributed by atoms with Crippen LogP contribution in [0.4, 0.5) is 0 Å². The highest BCUT2D eigenvalue weighted by Gasteiger charge is 2.05. The van der Waals surface area contributed by atoms with Gasteiger partial charge in [0.2, 0.25) is 5.91 Å². The molecule has 92 valence electrons. The molecule has 0 aliphatic heterocycles. The summed E-state index contributed by atoms with van der Waals surface area (Å²) >= 11 is 0. The van der Waals surface area contributed by atoms with E-state index in [0.29, 0.717) is 6.54 Å². The molecule has 0 fully saturated rings. The largest absolute Gasteiger partial charge is 0.497 e. The summed E-state index contributed by atoms with van der Waals surface area (Å²) in [5.41, 5.74) is 0.853. The highest BCUT2D eigenvalue weighted by Crippen LogP contribution is 2.12. The minimum atomic E-state index is -0.218. The van der Waals surface area contributed by atoms with Crippen LogP contribution in [0.3, 0.4) is 0 Å². The lowest BCUT2D eigenvalue weighted by atomic mass is 10.1. The molecule has 0 saturated carbocycles. The van der Waals surface area contributed by atoms with E-state index in [1.807, 2.05) is 25.1 Å². The predicted octanol–water partition coefficient (Wildman–Crippen LogP) is 0.898. The molecule has 0 saturated heterocycles. The highest BCUT2D eigenvalue weighted by atomic mass is 16.5. The summed E-state index contributed by atoms with van der Waals surface area (Å²) in [4.78, 5) is 11.6. The average molecular weight is 235 g/mol. The van der Waals surface area contributed by atoms with Crippen LogP contribution in [0.1, 0.15) is 12.5 Å². The summed E-state index contributed by atoms with van der Waals surface area (Å²) < 4.78 is 5.07. The molecule has 5 nitrogen and oxygen atoms in total. The smallest absolute Gasteiger partial charge is 0.231 e. The van der Waals surface area contributed by atoms with Gasteiger partial charge in [-0.3, -0.25) is 15.5 Å². The predicted molar refractivity (Wildman–Crippen MR) is 66.2 cm³/mol. The van der Waals surface area contributed by atoms with E-state index in [1.165, 1.54) is 0 Å². The molecule has 0 spiro atoms. The topological polar surface area (TPSA) is 74.2 Å². The molecular formula is C12H17N3O2. The number of hydrogen-bond donors (Lipinski definition) is 3. The molecule has 1 amide bonds. The van der Waals surface area contributed by atoms with Crippen molar-refractivity contribution < 1.29 is 9.53 Å². The summed E-state index contributed by atoms with van der Waals surface area (Å²) in [6, 6.07) is 7.30. The second-order valence-electron chi connectivity index (χ2n) is 3.48. The Morgan fingerprint density at radius 2 is 2.24 bits per heavy atom. The van der Waals surface area contributed by atoms with Gasteiger partial charge in [-0.2, -0.15) is 0 Å². The van der Waals surface area contributed by atoms with Gasteiger partial charge in [-0.25, -0.2) is 0 Å². The Balaban J connectivity index is 2.52. The van der Waals surface area contributed by atoms with E-state index in [9.17, 15) is 4.79 Å². The van der Waals surface area contributed by atoms with E-state index in [1.54, 1.807) is 13.2 Å². The SMILES string of the molecule is CCNC(=N)NC(=O)Cc1cccc(OC)c1. The van der Waals surface area contributed by atoms with Crippen LogP contribution in [-0.4, -0.2) is 25.5 Å². The number of carbonyl (C=O) groups excluding carboxylic acids is 1. The Hall–Kier alpha value is -2.04. The fraction of sp³-hybridized carbons (Fsp3) is 0.333. The molecule has 1 rings (SSSR count). The molecule has 0 unspecified atom stereocenters. The molecular weight excluding hydrogens is 218 g/mol. The standard InChI is InChI=1S/C12H17N3O2/c1-3-14-12(13)15-11(16)8-9-5-4-6-10(7-9)17-2/h4-7H,3,8H2,1-2H3,(H3,13,14,15,16). The number of methoxy groups -OCH3 is 1. The lowest BCUT2D eigenvalue weighted by Gasteiger charge is -2.08. The maximum atomic E-state index is 11.6. The van der Waals surface area contributed by atoms with Crippen molar-refractivity contribution in [3.8, 4) is 5.75 Å². The number of ether oxygens (including phenoxy) is 1. The van der Waals surface area contributed by atoms with Gasteiger partial charge in [0.25, 0.3) is 0 Å². The van der Waals surface area contributed by atoms with Crippen LogP contribution in [-0.2, 0) is 11.2 Å². The van der Waals surface area contributed by atoms with Crippen molar-refractivity contribution in [2.24, 2.45) is 0 Å². The summed E-state index contributed by atoms with van der Waals surface area (Å²) in [5.74, 6) is 0.529. The monoisotopic (exact) mass is 235 g/mol. The van der Waals surface area contributed by atoms with Gasteiger partial charge < -0.3 is 10.1 Å². The van der Waals surface area contributed by atoms with Crippen molar-refractivity contribution in [1.82, 2.24) is 10.6 Å². The fourth-order valence-electron chi connectivity index (χ4n) is 1.37. The molecule has 0 aromatic heterocycles. The van der Waals surface area contributed by atoms with E-state index in [2.05, 4.69) is 10.6 Å². The molecule has 0 atom stereocenters. The van der Waals surface area contributed by atoms with E-state index in [0.717, 1.165) is 11.3 Å². The highest BCUT2D eigenvalue weighted by molar-refractivity contribution is 5.96. The molecule has 0 heterocycles. The fourth-order valence-corrected chi connectivity index (χ4v) is 1.37. The summed E-state index contributed by atoms with van der Waals surface area (Å²) in [5, 5.41) is 12.6. The van der Waals surface area contributed by atoms with Crippen molar-refractivity contribution in [2.75, 3.05) is 13.7 Å². The molecule has 0 aliphatic rings. The van der Waals surface area contributed by atoms with Crippen LogP contribution in [0.2, 0.25) is 0 Å². The first-order valence-corrected chi connectivity index (χ1v) is 5.41. The number of guanidine groups is 1. The Bertz CT molecular complexity index is 404. The van der Waals surface area contributed by atoms with E-state index in [4.69, 9.17) is 10.1 Å². The van der Waals surface area contributed by atoms with Gasteiger partial charge in [-0.1, -0.05) is 12.1 Å². The third-order valence-corrected chi connectivity index (χ3v) is 2.12. The zero-order valence-corrected chi connectivity index (χ0v) is 10.0. The van der Waals surface area contributed by atoms with Crippen molar-refractivity contribution in [3.63, 3.8) is 0 Å². The van der Waals surface area contributed by atoms with E-state index < -0.39 is 0 Å². The lowest BCUT2D eigenvalue weighted by molar-refractivity contribution is -0.119.